The highest BCUT2D eigenvalue weighted by Crippen LogP contribution is 2.33. The van der Waals surface area contributed by atoms with Crippen molar-refractivity contribution >= 4 is 40.3 Å². The maximum Gasteiger partial charge on any atom is 0.289 e. The Kier molecular flexibility index (Phi) is 9.70. The number of aromatic nitrogens is 5. The lowest BCUT2D eigenvalue weighted by molar-refractivity contribution is -0.141. The van der Waals surface area contributed by atoms with E-state index in [2.05, 4.69) is 30.9 Å². The lowest BCUT2D eigenvalue weighted by Gasteiger charge is -2.31. The van der Waals surface area contributed by atoms with E-state index in [1.807, 2.05) is 12.1 Å². The first-order chi connectivity index (χ1) is 21.9. The molecule has 1 aromatic carbocycles. The zero-order chi connectivity index (χ0) is 33.0. The first kappa shape index (κ1) is 32.6. The SMILES string of the molecule is CC(C)(O)c1cnnn1[C@H]1C[C@@H](C(=O)NCC(=O)C(N)=O)N(C(=O)[C@@H](CC2CCCCC2)NC(=O)c2ncc3ccccc3n2)C1. The van der Waals surface area contributed by atoms with Crippen molar-refractivity contribution in [1.29, 1.82) is 0 Å². The summed E-state index contributed by atoms with van der Waals surface area (Å²) in [6.07, 6.45) is 8.34. The second-order valence-corrected chi connectivity index (χ2v) is 12.5. The maximum absolute atomic E-state index is 14.4. The summed E-state index contributed by atoms with van der Waals surface area (Å²) in [7, 11) is 0. The van der Waals surface area contributed by atoms with Gasteiger partial charge in [-0.25, -0.2) is 14.6 Å². The highest BCUT2D eigenvalue weighted by molar-refractivity contribution is 6.36. The Bertz CT molecular complexity index is 1630. The molecule has 5 N–H and O–H groups in total. The van der Waals surface area contributed by atoms with Crippen LogP contribution in [0.2, 0.25) is 0 Å². The summed E-state index contributed by atoms with van der Waals surface area (Å²) in [5.41, 5.74) is 4.70. The van der Waals surface area contributed by atoms with Gasteiger partial charge in [0, 0.05) is 24.5 Å². The predicted molar refractivity (Wildman–Crippen MR) is 164 cm³/mol. The third-order valence-electron chi connectivity index (χ3n) is 8.70. The smallest absolute Gasteiger partial charge is 0.289 e. The lowest BCUT2D eigenvalue weighted by Crippen LogP contribution is -2.54. The van der Waals surface area contributed by atoms with Gasteiger partial charge in [0.1, 0.15) is 17.7 Å². The largest absolute Gasteiger partial charge is 0.384 e. The molecule has 46 heavy (non-hydrogen) atoms. The van der Waals surface area contributed by atoms with Crippen molar-refractivity contribution in [2.24, 2.45) is 11.7 Å². The number of likely N-dealkylation sites (tertiary alicyclic amines) is 1. The van der Waals surface area contributed by atoms with Crippen molar-refractivity contribution in [1.82, 2.24) is 40.5 Å². The van der Waals surface area contributed by atoms with E-state index < -0.39 is 59.7 Å². The molecule has 1 aliphatic carbocycles. The van der Waals surface area contributed by atoms with Crippen LogP contribution in [0.1, 0.15) is 81.1 Å². The van der Waals surface area contributed by atoms with Gasteiger partial charge in [0.05, 0.1) is 30.0 Å². The van der Waals surface area contributed by atoms with E-state index in [4.69, 9.17) is 5.73 Å². The molecular formula is C31H39N9O6. The van der Waals surface area contributed by atoms with Crippen LogP contribution in [0.3, 0.4) is 0 Å². The van der Waals surface area contributed by atoms with Crippen LogP contribution in [0.15, 0.2) is 36.7 Å². The summed E-state index contributed by atoms with van der Waals surface area (Å²) in [6.45, 7) is 2.53. The standard InChI is InChI=1S/C31H39N9O6/c1-31(2,46)25-16-35-38-40(25)20-13-23(28(43)34-15-24(41)26(32)42)39(17-20)30(45)22(12-18-8-4-3-5-9-18)37-29(44)27-33-14-19-10-6-7-11-21(19)36-27/h6-7,10-11,14,16,18,20,22-23,46H,3-5,8-9,12-13,15,17H2,1-2H3,(H2,32,42)(H,34,43)(H,37,44)/t20-,22+,23-/m0/s1. The van der Waals surface area contributed by atoms with Crippen LogP contribution in [-0.4, -0.2) is 89.6 Å². The molecule has 1 saturated heterocycles. The van der Waals surface area contributed by atoms with Gasteiger partial charge in [-0.3, -0.25) is 24.0 Å². The number of rotatable bonds is 11. The molecule has 2 fully saturated rings. The number of aliphatic hydroxyl groups is 1. The Morgan fingerprint density at radius 1 is 1.09 bits per heavy atom. The number of benzene rings is 1. The van der Waals surface area contributed by atoms with Crippen LogP contribution in [0.25, 0.3) is 10.9 Å². The van der Waals surface area contributed by atoms with Gasteiger partial charge in [-0.05, 0) is 32.3 Å². The van der Waals surface area contributed by atoms with E-state index in [-0.39, 0.29) is 24.7 Å². The molecule has 3 heterocycles. The second kappa shape index (κ2) is 13.7. The average molecular weight is 634 g/mol. The van der Waals surface area contributed by atoms with Crippen molar-refractivity contribution in [3.63, 3.8) is 0 Å². The quantitative estimate of drug-likeness (QED) is 0.215. The minimum absolute atomic E-state index is 0.0106. The monoisotopic (exact) mass is 633 g/mol. The maximum atomic E-state index is 14.4. The highest BCUT2D eigenvalue weighted by Gasteiger charge is 2.45. The summed E-state index contributed by atoms with van der Waals surface area (Å²) in [5, 5.41) is 24.8. The fourth-order valence-corrected chi connectivity index (χ4v) is 6.29. The zero-order valence-electron chi connectivity index (χ0n) is 25.9. The number of hydrogen-bond acceptors (Lipinski definition) is 10. The van der Waals surface area contributed by atoms with E-state index in [9.17, 15) is 29.1 Å². The molecule has 244 valence electrons. The Labute approximate surface area is 265 Å². The van der Waals surface area contributed by atoms with Gasteiger partial charge in [-0.2, -0.15) is 0 Å². The highest BCUT2D eigenvalue weighted by atomic mass is 16.3. The fraction of sp³-hybridized carbons (Fsp3) is 0.516. The van der Waals surface area contributed by atoms with Crippen molar-refractivity contribution in [2.45, 2.75) is 82.5 Å². The number of primary amides is 1. The van der Waals surface area contributed by atoms with Gasteiger partial charge in [0.15, 0.2) is 0 Å². The molecule has 2 aliphatic rings. The number of para-hydroxylation sites is 1. The van der Waals surface area contributed by atoms with Crippen LogP contribution in [0.4, 0.5) is 0 Å². The van der Waals surface area contributed by atoms with Gasteiger partial charge in [-0.1, -0.05) is 55.5 Å². The van der Waals surface area contributed by atoms with E-state index in [0.29, 0.717) is 17.6 Å². The number of amides is 4. The van der Waals surface area contributed by atoms with Crippen molar-refractivity contribution in [3.8, 4) is 0 Å². The Hall–Kier alpha value is -4.79. The summed E-state index contributed by atoms with van der Waals surface area (Å²) < 4.78 is 1.49. The molecular weight excluding hydrogens is 594 g/mol. The molecule has 3 aromatic rings. The molecule has 1 aliphatic heterocycles. The van der Waals surface area contributed by atoms with Crippen molar-refractivity contribution in [3.05, 3.63) is 48.2 Å². The lowest BCUT2D eigenvalue weighted by atomic mass is 9.84. The van der Waals surface area contributed by atoms with Crippen LogP contribution < -0.4 is 16.4 Å². The summed E-state index contributed by atoms with van der Waals surface area (Å²) in [5.74, 6) is -3.87. The topological polar surface area (TPSA) is 215 Å². The molecule has 0 bridgehead atoms. The Morgan fingerprint density at radius 3 is 2.54 bits per heavy atom. The predicted octanol–water partition coefficient (Wildman–Crippen LogP) is 0.530. The second-order valence-electron chi connectivity index (χ2n) is 12.5. The number of fused-ring (bicyclic) bond motifs is 1. The first-order valence-corrected chi connectivity index (χ1v) is 15.5. The number of nitrogens with one attached hydrogen (secondary N) is 2. The molecule has 1 saturated carbocycles. The molecule has 2 aromatic heterocycles. The minimum Gasteiger partial charge on any atom is -0.384 e. The fourth-order valence-electron chi connectivity index (χ4n) is 6.29. The van der Waals surface area contributed by atoms with Crippen LogP contribution >= 0.6 is 0 Å². The normalized spacial score (nSPS) is 19.5. The summed E-state index contributed by atoms with van der Waals surface area (Å²) >= 11 is 0. The summed E-state index contributed by atoms with van der Waals surface area (Å²) in [4.78, 5) is 74.5. The number of carbonyl (C=O) groups excluding carboxylic acids is 5. The number of Topliss-reactive ketones (excluding diaryl/α,β-unsaturated/α-hetero) is 1. The molecule has 5 rings (SSSR count). The number of ketones is 1. The minimum atomic E-state index is -1.32. The van der Waals surface area contributed by atoms with E-state index in [0.717, 1.165) is 37.5 Å². The Morgan fingerprint density at radius 2 is 1.83 bits per heavy atom. The van der Waals surface area contributed by atoms with E-state index in [1.54, 1.807) is 32.2 Å². The third-order valence-corrected chi connectivity index (χ3v) is 8.70. The van der Waals surface area contributed by atoms with Gasteiger partial charge in [0.25, 0.3) is 11.8 Å². The summed E-state index contributed by atoms with van der Waals surface area (Å²) in [6, 6.07) is 4.59. The number of nitrogens with zero attached hydrogens (tertiary/aromatic N) is 6. The average Bonchev–Trinajstić information content (AvgIpc) is 3.71. The van der Waals surface area contributed by atoms with Crippen LogP contribution in [0, 0.1) is 5.92 Å². The van der Waals surface area contributed by atoms with E-state index in [1.165, 1.54) is 15.8 Å². The molecule has 3 atom stereocenters. The molecule has 15 heteroatoms. The zero-order valence-corrected chi connectivity index (χ0v) is 25.9. The van der Waals surface area contributed by atoms with Gasteiger partial charge >= 0.3 is 0 Å². The first-order valence-electron chi connectivity index (χ1n) is 15.5. The van der Waals surface area contributed by atoms with Gasteiger partial charge in [0.2, 0.25) is 23.4 Å². The molecule has 4 amide bonds. The number of nitrogens with two attached hydrogens (primary N) is 1. The van der Waals surface area contributed by atoms with Crippen molar-refractivity contribution in [2.75, 3.05) is 13.1 Å². The molecule has 0 spiro atoms. The van der Waals surface area contributed by atoms with Gasteiger partial charge in [-0.15, -0.1) is 5.10 Å². The van der Waals surface area contributed by atoms with E-state index >= 15 is 0 Å². The number of hydrogen-bond donors (Lipinski definition) is 4. The van der Waals surface area contributed by atoms with Crippen molar-refractivity contribution < 1.29 is 29.1 Å². The molecule has 0 radical (unpaired) electrons. The third kappa shape index (κ3) is 7.36. The van der Waals surface area contributed by atoms with Gasteiger partial charge < -0.3 is 26.4 Å². The van der Waals surface area contributed by atoms with Crippen LogP contribution in [-0.2, 0) is 24.8 Å². The Balaban J connectivity index is 1.44. The molecule has 0 unspecified atom stereocenters. The van der Waals surface area contributed by atoms with Crippen LogP contribution in [0.5, 0.6) is 0 Å². The number of carbonyl (C=O) groups is 5. The molecule has 15 nitrogen and oxygen atoms in total.